The minimum absolute atomic E-state index is 0.204. The van der Waals surface area contributed by atoms with Crippen LogP contribution >= 0.6 is 0 Å². The lowest BCUT2D eigenvalue weighted by Crippen LogP contribution is -2.25. The molecule has 3 heterocycles. The van der Waals surface area contributed by atoms with Gasteiger partial charge >= 0.3 is 0 Å². The van der Waals surface area contributed by atoms with Crippen LogP contribution in [0.4, 0.5) is 5.82 Å². The molecule has 4 rings (SSSR count). The number of aromatic nitrogens is 5. The second-order valence-corrected chi connectivity index (χ2v) is 6.65. The van der Waals surface area contributed by atoms with Crippen molar-refractivity contribution in [2.75, 3.05) is 5.73 Å². The van der Waals surface area contributed by atoms with Crippen LogP contribution in [0.2, 0.25) is 0 Å². The van der Waals surface area contributed by atoms with E-state index in [0.29, 0.717) is 24.0 Å². The van der Waals surface area contributed by atoms with Crippen LogP contribution in [-0.4, -0.2) is 30.5 Å². The molecule has 0 radical (unpaired) electrons. The molecule has 1 saturated carbocycles. The Bertz CT molecular complexity index is 742. The molecule has 0 bridgehead atoms. The molecule has 2 aliphatic rings. The summed E-state index contributed by atoms with van der Waals surface area (Å²) < 4.78 is 3.90. The van der Waals surface area contributed by atoms with Crippen molar-refractivity contribution in [3.8, 4) is 0 Å². The first-order valence-electron chi connectivity index (χ1n) is 8.76. The van der Waals surface area contributed by atoms with Gasteiger partial charge in [-0.15, -0.1) is 10.2 Å². The van der Waals surface area contributed by atoms with Gasteiger partial charge < -0.3 is 15.6 Å². The van der Waals surface area contributed by atoms with Gasteiger partial charge in [-0.3, -0.25) is 4.79 Å². The van der Waals surface area contributed by atoms with E-state index in [1.807, 2.05) is 4.68 Å². The number of hydrogen-bond acceptors (Lipinski definition) is 5. The molecular weight excluding hydrogens is 306 g/mol. The number of nitrogen functional groups attached to an aromatic ring is 1. The van der Waals surface area contributed by atoms with Gasteiger partial charge in [-0.05, 0) is 19.3 Å². The zero-order chi connectivity index (χ0) is 16.5. The van der Waals surface area contributed by atoms with Crippen molar-refractivity contribution in [2.24, 2.45) is 0 Å². The highest BCUT2D eigenvalue weighted by Gasteiger charge is 2.23. The molecule has 0 saturated heterocycles. The molecule has 1 amide bonds. The Morgan fingerprint density at radius 1 is 1.25 bits per heavy atom. The highest BCUT2D eigenvalue weighted by Crippen LogP contribution is 2.30. The third-order valence-corrected chi connectivity index (χ3v) is 5.09. The summed E-state index contributed by atoms with van der Waals surface area (Å²) in [6.07, 6.45) is 9.46. The second kappa shape index (κ2) is 6.26. The van der Waals surface area contributed by atoms with Crippen molar-refractivity contribution < 1.29 is 4.79 Å². The molecule has 0 atom stereocenters. The van der Waals surface area contributed by atoms with E-state index in [1.54, 1.807) is 6.20 Å². The number of nitrogens with one attached hydrogen (secondary N) is 1. The molecule has 0 aromatic carbocycles. The van der Waals surface area contributed by atoms with E-state index in [2.05, 4.69) is 25.2 Å². The van der Waals surface area contributed by atoms with Gasteiger partial charge in [0.25, 0.3) is 5.91 Å². The third kappa shape index (κ3) is 2.65. The number of carbonyl (C=O) groups is 1. The number of hydrogen-bond donors (Lipinski definition) is 2. The van der Waals surface area contributed by atoms with E-state index in [1.165, 1.54) is 19.3 Å². The average Bonchev–Trinajstić information content (AvgIpc) is 3.29. The number of aryl methyl sites for hydroxylation is 1. The van der Waals surface area contributed by atoms with E-state index < -0.39 is 0 Å². The highest BCUT2D eigenvalue weighted by atomic mass is 16.1. The van der Waals surface area contributed by atoms with Crippen molar-refractivity contribution in [2.45, 2.75) is 64.1 Å². The Labute approximate surface area is 140 Å². The lowest BCUT2D eigenvalue weighted by atomic mass is 9.96. The molecule has 1 fully saturated rings. The van der Waals surface area contributed by atoms with Crippen molar-refractivity contribution in [1.82, 2.24) is 29.9 Å². The Balaban J connectivity index is 1.43. The molecular formula is C16H23N7O. The summed E-state index contributed by atoms with van der Waals surface area (Å²) in [5.41, 5.74) is 6.63. The summed E-state index contributed by atoms with van der Waals surface area (Å²) in [5.74, 6) is 2.06. The zero-order valence-electron chi connectivity index (χ0n) is 13.7. The molecule has 1 aliphatic carbocycles. The largest absolute Gasteiger partial charge is 0.383 e. The van der Waals surface area contributed by atoms with Crippen LogP contribution in [0.15, 0.2) is 6.20 Å². The molecule has 3 N–H and O–H groups in total. The van der Waals surface area contributed by atoms with Gasteiger partial charge in [0.05, 0.1) is 18.8 Å². The van der Waals surface area contributed by atoms with Gasteiger partial charge in [-0.1, -0.05) is 19.3 Å². The van der Waals surface area contributed by atoms with Gasteiger partial charge in [-0.2, -0.15) is 5.10 Å². The highest BCUT2D eigenvalue weighted by molar-refractivity contribution is 5.98. The summed E-state index contributed by atoms with van der Waals surface area (Å²) in [6, 6.07) is 0.320. The minimum Gasteiger partial charge on any atom is -0.383 e. The predicted molar refractivity (Wildman–Crippen MR) is 88.3 cm³/mol. The van der Waals surface area contributed by atoms with E-state index >= 15 is 0 Å². The Hall–Kier alpha value is -2.38. The van der Waals surface area contributed by atoms with Gasteiger partial charge in [0, 0.05) is 13.0 Å². The smallest absolute Gasteiger partial charge is 0.257 e. The molecule has 128 valence electrons. The van der Waals surface area contributed by atoms with Gasteiger partial charge in [0.1, 0.15) is 17.2 Å². The lowest BCUT2D eigenvalue weighted by Gasteiger charge is -2.22. The fourth-order valence-corrected chi connectivity index (χ4v) is 3.76. The van der Waals surface area contributed by atoms with E-state index in [0.717, 1.165) is 43.9 Å². The molecule has 2 aromatic heterocycles. The molecule has 2 aromatic rings. The summed E-state index contributed by atoms with van der Waals surface area (Å²) in [5, 5.41) is 15.6. The molecule has 0 unspecified atom stereocenters. The number of fused-ring (bicyclic) bond motifs is 1. The van der Waals surface area contributed by atoms with E-state index in [9.17, 15) is 4.79 Å². The maximum Gasteiger partial charge on any atom is 0.257 e. The molecule has 1 aliphatic heterocycles. The first-order chi connectivity index (χ1) is 11.7. The van der Waals surface area contributed by atoms with Crippen molar-refractivity contribution in [1.29, 1.82) is 0 Å². The topological polar surface area (TPSA) is 104 Å². The van der Waals surface area contributed by atoms with Gasteiger partial charge in [0.15, 0.2) is 5.82 Å². The van der Waals surface area contributed by atoms with Crippen LogP contribution in [-0.2, 0) is 19.5 Å². The first kappa shape index (κ1) is 15.2. The maximum atomic E-state index is 12.5. The first-order valence-corrected chi connectivity index (χ1v) is 8.76. The minimum atomic E-state index is -0.204. The predicted octanol–water partition coefficient (Wildman–Crippen LogP) is 1.44. The third-order valence-electron chi connectivity index (χ3n) is 5.09. The van der Waals surface area contributed by atoms with Crippen LogP contribution in [0, 0.1) is 0 Å². The zero-order valence-corrected chi connectivity index (χ0v) is 13.7. The van der Waals surface area contributed by atoms with Crippen LogP contribution in [0.1, 0.15) is 66.6 Å². The normalized spacial score (nSPS) is 17.8. The lowest BCUT2D eigenvalue weighted by molar-refractivity contribution is 0.0950. The number of amides is 1. The molecule has 24 heavy (non-hydrogen) atoms. The maximum absolute atomic E-state index is 12.5. The molecule has 8 nitrogen and oxygen atoms in total. The molecule has 8 heteroatoms. The Morgan fingerprint density at radius 2 is 2.08 bits per heavy atom. The fourth-order valence-electron chi connectivity index (χ4n) is 3.76. The summed E-state index contributed by atoms with van der Waals surface area (Å²) in [6.45, 7) is 1.29. The standard InChI is InChI=1S/C16H23N7O/c17-15-12(9-19-23(15)11-5-2-1-3-6-11)16(24)18-10-14-21-20-13-7-4-8-22(13)14/h9,11H,1-8,10,17H2,(H,18,24). The Morgan fingerprint density at radius 3 is 2.92 bits per heavy atom. The summed E-state index contributed by atoms with van der Waals surface area (Å²) >= 11 is 0. The summed E-state index contributed by atoms with van der Waals surface area (Å²) in [7, 11) is 0. The SMILES string of the molecule is Nc1c(C(=O)NCc2nnc3n2CCC3)cnn1C1CCCCC1. The number of nitrogens with two attached hydrogens (primary N) is 1. The van der Waals surface area contributed by atoms with Gasteiger partial charge in [0.2, 0.25) is 0 Å². The fraction of sp³-hybridized carbons (Fsp3) is 0.625. The van der Waals surface area contributed by atoms with Crippen molar-refractivity contribution >= 4 is 11.7 Å². The van der Waals surface area contributed by atoms with Gasteiger partial charge in [-0.25, -0.2) is 4.68 Å². The number of anilines is 1. The van der Waals surface area contributed by atoms with Crippen molar-refractivity contribution in [3.63, 3.8) is 0 Å². The van der Waals surface area contributed by atoms with Crippen LogP contribution in [0.3, 0.4) is 0 Å². The quantitative estimate of drug-likeness (QED) is 0.883. The van der Waals surface area contributed by atoms with Crippen LogP contribution < -0.4 is 11.1 Å². The van der Waals surface area contributed by atoms with Crippen LogP contribution in [0.5, 0.6) is 0 Å². The monoisotopic (exact) mass is 329 g/mol. The van der Waals surface area contributed by atoms with E-state index in [-0.39, 0.29) is 5.91 Å². The Kier molecular flexibility index (Phi) is 3.95. The average molecular weight is 329 g/mol. The van der Waals surface area contributed by atoms with Crippen molar-refractivity contribution in [3.05, 3.63) is 23.4 Å². The summed E-state index contributed by atoms with van der Waals surface area (Å²) in [4.78, 5) is 12.5. The molecule has 0 spiro atoms. The van der Waals surface area contributed by atoms with E-state index in [4.69, 9.17) is 5.73 Å². The number of nitrogens with zero attached hydrogens (tertiary/aromatic N) is 5. The van der Waals surface area contributed by atoms with Crippen LogP contribution in [0.25, 0.3) is 0 Å². The second-order valence-electron chi connectivity index (χ2n) is 6.65. The number of rotatable bonds is 4. The number of carbonyl (C=O) groups excluding carboxylic acids is 1.